The molecule has 0 aromatic heterocycles. The second kappa shape index (κ2) is 8.97. The van der Waals surface area contributed by atoms with Crippen molar-refractivity contribution in [1.82, 2.24) is 5.32 Å². The van der Waals surface area contributed by atoms with Gasteiger partial charge in [0, 0.05) is 26.3 Å². The van der Waals surface area contributed by atoms with Crippen LogP contribution in [0.25, 0.3) is 0 Å². The van der Waals surface area contributed by atoms with E-state index in [1.165, 1.54) is 12.1 Å². The lowest BCUT2D eigenvalue weighted by Crippen LogP contribution is -2.22. The summed E-state index contributed by atoms with van der Waals surface area (Å²) in [5.41, 5.74) is 0.652. The highest BCUT2D eigenvalue weighted by Gasteiger charge is 2.09. The highest BCUT2D eigenvalue weighted by molar-refractivity contribution is 5.29. The highest BCUT2D eigenvalue weighted by atomic mass is 19.1. The van der Waals surface area contributed by atoms with Crippen molar-refractivity contribution in [3.63, 3.8) is 0 Å². The Kier molecular flexibility index (Phi) is 7.64. The van der Waals surface area contributed by atoms with E-state index >= 15 is 0 Å². The van der Waals surface area contributed by atoms with Gasteiger partial charge in [-0.15, -0.1) is 0 Å². The van der Waals surface area contributed by atoms with E-state index in [0.29, 0.717) is 32.1 Å². The molecular formula is C16H26FNO3. The van der Waals surface area contributed by atoms with Crippen LogP contribution in [0.3, 0.4) is 0 Å². The van der Waals surface area contributed by atoms with Gasteiger partial charge in [0.1, 0.15) is 18.2 Å². The van der Waals surface area contributed by atoms with Crippen LogP contribution in [-0.2, 0) is 16.0 Å². The first-order valence-electron chi connectivity index (χ1n) is 7.16. The van der Waals surface area contributed by atoms with E-state index in [0.717, 1.165) is 12.1 Å². The summed E-state index contributed by atoms with van der Waals surface area (Å²) in [4.78, 5) is 0. The topological polar surface area (TPSA) is 39.7 Å². The molecule has 0 saturated heterocycles. The van der Waals surface area contributed by atoms with Gasteiger partial charge in [0.05, 0.1) is 18.8 Å². The van der Waals surface area contributed by atoms with E-state index in [9.17, 15) is 4.39 Å². The van der Waals surface area contributed by atoms with Crippen LogP contribution in [0.1, 0.15) is 26.3 Å². The van der Waals surface area contributed by atoms with Gasteiger partial charge in [-0.3, -0.25) is 0 Å². The Morgan fingerprint density at radius 1 is 1.10 bits per heavy atom. The number of benzene rings is 1. The van der Waals surface area contributed by atoms with Crippen molar-refractivity contribution in [3.05, 3.63) is 29.6 Å². The average molecular weight is 299 g/mol. The third kappa shape index (κ3) is 8.65. The van der Waals surface area contributed by atoms with Crippen molar-refractivity contribution in [2.45, 2.75) is 32.9 Å². The van der Waals surface area contributed by atoms with Crippen molar-refractivity contribution >= 4 is 0 Å². The molecule has 120 valence electrons. The van der Waals surface area contributed by atoms with E-state index in [1.807, 2.05) is 26.8 Å². The Balaban J connectivity index is 2.41. The zero-order chi connectivity index (χ0) is 15.7. The Morgan fingerprint density at radius 3 is 2.52 bits per heavy atom. The Hall–Kier alpha value is -1.17. The molecule has 1 aromatic carbocycles. The molecule has 1 N–H and O–H groups in total. The van der Waals surface area contributed by atoms with Crippen LogP contribution in [0.4, 0.5) is 4.39 Å². The molecule has 0 atom stereocenters. The van der Waals surface area contributed by atoms with Crippen molar-refractivity contribution in [1.29, 1.82) is 0 Å². The standard InChI is InChI=1S/C16H26FNO3/c1-16(2,3)21-8-7-20-15-10-13(9-14(17)11-15)12-18-5-6-19-4/h9-11,18H,5-8,12H2,1-4H3. The van der Waals surface area contributed by atoms with Crippen molar-refractivity contribution in [2.75, 3.05) is 33.5 Å². The Bertz CT molecular complexity index is 418. The number of halogens is 1. The monoisotopic (exact) mass is 299 g/mol. The van der Waals surface area contributed by atoms with Crippen LogP contribution < -0.4 is 10.1 Å². The summed E-state index contributed by atoms with van der Waals surface area (Å²) in [6.07, 6.45) is 0. The third-order valence-corrected chi connectivity index (χ3v) is 2.63. The summed E-state index contributed by atoms with van der Waals surface area (Å²) in [6.45, 7) is 8.76. The minimum atomic E-state index is -0.298. The van der Waals surface area contributed by atoms with Gasteiger partial charge in [0.25, 0.3) is 0 Å². The van der Waals surface area contributed by atoms with Gasteiger partial charge in [-0.05, 0) is 38.5 Å². The molecule has 0 aliphatic rings. The molecule has 0 aliphatic heterocycles. The van der Waals surface area contributed by atoms with Crippen molar-refractivity contribution in [2.24, 2.45) is 0 Å². The quantitative estimate of drug-likeness (QED) is 0.712. The average Bonchev–Trinajstić information content (AvgIpc) is 2.38. The molecule has 0 fully saturated rings. The van der Waals surface area contributed by atoms with E-state index < -0.39 is 0 Å². The highest BCUT2D eigenvalue weighted by Crippen LogP contribution is 2.16. The smallest absolute Gasteiger partial charge is 0.127 e. The first kappa shape index (κ1) is 17.9. The minimum absolute atomic E-state index is 0.193. The molecular weight excluding hydrogens is 273 g/mol. The summed E-state index contributed by atoms with van der Waals surface area (Å²) in [7, 11) is 1.65. The molecule has 0 unspecified atom stereocenters. The van der Waals surface area contributed by atoms with E-state index in [-0.39, 0.29) is 11.4 Å². The molecule has 0 spiro atoms. The van der Waals surface area contributed by atoms with Gasteiger partial charge in [0.2, 0.25) is 0 Å². The largest absolute Gasteiger partial charge is 0.491 e. The van der Waals surface area contributed by atoms with Crippen LogP contribution in [0.15, 0.2) is 18.2 Å². The van der Waals surface area contributed by atoms with Crippen LogP contribution >= 0.6 is 0 Å². The minimum Gasteiger partial charge on any atom is -0.491 e. The van der Waals surface area contributed by atoms with E-state index in [4.69, 9.17) is 14.2 Å². The third-order valence-electron chi connectivity index (χ3n) is 2.63. The Morgan fingerprint density at radius 2 is 1.86 bits per heavy atom. The fourth-order valence-corrected chi connectivity index (χ4v) is 1.72. The molecule has 5 heteroatoms. The predicted octanol–water partition coefficient (Wildman–Crippen LogP) is 2.76. The van der Waals surface area contributed by atoms with Crippen molar-refractivity contribution < 1.29 is 18.6 Å². The van der Waals surface area contributed by atoms with Gasteiger partial charge in [-0.1, -0.05) is 0 Å². The summed E-state index contributed by atoms with van der Waals surface area (Å²) in [5, 5.41) is 3.17. The maximum Gasteiger partial charge on any atom is 0.127 e. The van der Waals surface area contributed by atoms with Gasteiger partial charge in [-0.25, -0.2) is 4.39 Å². The molecule has 1 rings (SSSR count). The molecule has 4 nitrogen and oxygen atoms in total. The summed E-state index contributed by atoms with van der Waals surface area (Å²) < 4.78 is 29.6. The van der Waals surface area contributed by atoms with Crippen molar-refractivity contribution in [3.8, 4) is 5.75 Å². The SMILES string of the molecule is COCCNCc1cc(F)cc(OCCOC(C)(C)C)c1. The number of ether oxygens (including phenoxy) is 3. The number of nitrogens with one attached hydrogen (secondary N) is 1. The number of hydrogen-bond donors (Lipinski definition) is 1. The van der Waals surface area contributed by atoms with Crippen LogP contribution in [0.5, 0.6) is 5.75 Å². The summed E-state index contributed by atoms with van der Waals surface area (Å²) in [6, 6.07) is 4.72. The van der Waals surface area contributed by atoms with Crippen LogP contribution in [-0.4, -0.2) is 39.1 Å². The summed E-state index contributed by atoms with van der Waals surface area (Å²) in [5.74, 6) is 0.226. The first-order valence-corrected chi connectivity index (χ1v) is 7.16. The first-order chi connectivity index (χ1) is 9.90. The zero-order valence-corrected chi connectivity index (χ0v) is 13.4. The number of rotatable bonds is 9. The normalized spacial score (nSPS) is 11.7. The van der Waals surface area contributed by atoms with Gasteiger partial charge in [-0.2, -0.15) is 0 Å². The van der Waals surface area contributed by atoms with E-state index in [1.54, 1.807) is 7.11 Å². The molecule has 0 heterocycles. The number of hydrogen-bond acceptors (Lipinski definition) is 4. The van der Waals surface area contributed by atoms with Gasteiger partial charge in [0.15, 0.2) is 0 Å². The fourth-order valence-electron chi connectivity index (χ4n) is 1.72. The van der Waals surface area contributed by atoms with Crippen LogP contribution in [0, 0.1) is 5.82 Å². The zero-order valence-electron chi connectivity index (χ0n) is 13.4. The lowest BCUT2D eigenvalue weighted by molar-refractivity contribution is -0.0163. The molecule has 0 aliphatic carbocycles. The number of methoxy groups -OCH3 is 1. The predicted molar refractivity (Wildman–Crippen MR) is 81.2 cm³/mol. The fraction of sp³-hybridized carbons (Fsp3) is 0.625. The second-order valence-electron chi connectivity index (χ2n) is 5.77. The molecule has 0 bridgehead atoms. The summed E-state index contributed by atoms with van der Waals surface area (Å²) >= 11 is 0. The van der Waals surface area contributed by atoms with Gasteiger partial charge < -0.3 is 19.5 Å². The van der Waals surface area contributed by atoms with Gasteiger partial charge >= 0.3 is 0 Å². The van der Waals surface area contributed by atoms with Crippen LogP contribution in [0.2, 0.25) is 0 Å². The van der Waals surface area contributed by atoms with E-state index in [2.05, 4.69) is 5.32 Å². The maximum atomic E-state index is 13.5. The molecule has 0 radical (unpaired) electrons. The molecule has 0 saturated carbocycles. The maximum absolute atomic E-state index is 13.5. The Labute approximate surface area is 126 Å². The lowest BCUT2D eigenvalue weighted by Gasteiger charge is -2.19. The lowest BCUT2D eigenvalue weighted by atomic mass is 10.2. The molecule has 21 heavy (non-hydrogen) atoms. The molecule has 0 amide bonds. The molecule has 1 aromatic rings. The second-order valence-corrected chi connectivity index (χ2v) is 5.77.